The van der Waals surface area contributed by atoms with Crippen molar-refractivity contribution >= 4 is 45.6 Å². The number of carbonyl (C=O) groups excluding carboxylic acids is 2. The van der Waals surface area contributed by atoms with Gasteiger partial charge in [-0.25, -0.2) is 9.78 Å². The van der Waals surface area contributed by atoms with Gasteiger partial charge >= 0.3 is 5.97 Å². The van der Waals surface area contributed by atoms with Crippen molar-refractivity contribution in [1.82, 2.24) is 20.0 Å². The summed E-state index contributed by atoms with van der Waals surface area (Å²) in [5.74, 6) is -0.809. The molecule has 0 aliphatic rings. The van der Waals surface area contributed by atoms with Crippen LogP contribution in [0.15, 0.2) is 60.0 Å². The number of benzene rings is 2. The highest BCUT2D eigenvalue weighted by Gasteiger charge is 2.21. The van der Waals surface area contributed by atoms with Crippen LogP contribution in [0, 0.1) is 6.92 Å². The predicted molar refractivity (Wildman–Crippen MR) is 122 cm³/mol. The van der Waals surface area contributed by atoms with E-state index in [2.05, 4.69) is 15.2 Å². The number of carbonyl (C=O) groups is 2. The molecule has 0 atom stereocenters. The molecule has 2 aromatic heterocycles. The Hall–Kier alpha value is -3.56. The first-order valence-corrected chi connectivity index (χ1v) is 10.9. The molecule has 162 valence electrons. The zero-order valence-electron chi connectivity index (χ0n) is 17.2. The van der Waals surface area contributed by atoms with Gasteiger partial charge in [0.05, 0.1) is 22.8 Å². The van der Waals surface area contributed by atoms with E-state index in [4.69, 9.17) is 16.3 Å². The Morgan fingerprint density at radius 3 is 2.62 bits per heavy atom. The van der Waals surface area contributed by atoms with Gasteiger partial charge in [-0.2, -0.15) is 9.90 Å². The molecular weight excluding hydrogens is 450 g/mol. The van der Waals surface area contributed by atoms with Crippen LogP contribution in [0.1, 0.15) is 28.8 Å². The average Bonchev–Trinajstić information content (AvgIpc) is 3.39. The molecule has 0 saturated heterocycles. The second-order valence-corrected chi connectivity index (χ2v) is 8.06. The molecule has 32 heavy (non-hydrogen) atoms. The summed E-state index contributed by atoms with van der Waals surface area (Å²) in [7, 11) is 0. The molecule has 0 radical (unpaired) electrons. The van der Waals surface area contributed by atoms with Gasteiger partial charge in [0, 0.05) is 17.3 Å². The van der Waals surface area contributed by atoms with Crippen molar-refractivity contribution in [3.63, 3.8) is 0 Å². The Labute approximate surface area is 193 Å². The fourth-order valence-electron chi connectivity index (χ4n) is 2.96. The molecule has 1 amide bonds. The zero-order chi connectivity index (χ0) is 22.7. The summed E-state index contributed by atoms with van der Waals surface area (Å²) >= 11 is 7.32. The van der Waals surface area contributed by atoms with Gasteiger partial charge in [-0.3, -0.25) is 9.69 Å². The van der Waals surface area contributed by atoms with E-state index in [0.717, 1.165) is 5.69 Å². The highest BCUT2D eigenvalue weighted by molar-refractivity contribution is 7.14. The maximum absolute atomic E-state index is 12.5. The van der Waals surface area contributed by atoms with E-state index in [1.807, 2.05) is 30.3 Å². The van der Waals surface area contributed by atoms with Gasteiger partial charge < -0.3 is 4.74 Å². The van der Waals surface area contributed by atoms with Crippen LogP contribution < -0.4 is 4.90 Å². The lowest BCUT2D eigenvalue weighted by Gasteiger charge is -2.18. The summed E-state index contributed by atoms with van der Waals surface area (Å²) in [6, 6.07) is 16.2. The summed E-state index contributed by atoms with van der Waals surface area (Å²) in [5, 5.41) is 11.2. The summed E-state index contributed by atoms with van der Waals surface area (Å²) in [5.41, 5.74) is 2.45. The number of para-hydroxylation sites is 1. The van der Waals surface area contributed by atoms with Gasteiger partial charge in [-0.05, 0) is 37.3 Å². The third-order valence-electron chi connectivity index (χ3n) is 4.43. The molecule has 0 aliphatic heterocycles. The van der Waals surface area contributed by atoms with Crippen LogP contribution >= 0.6 is 22.9 Å². The lowest BCUT2D eigenvalue weighted by atomic mass is 10.3. The van der Waals surface area contributed by atoms with E-state index in [1.54, 1.807) is 36.6 Å². The first kappa shape index (κ1) is 21.7. The van der Waals surface area contributed by atoms with Crippen molar-refractivity contribution in [1.29, 1.82) is 0 Å². The van der Waals surface area contributed by atoms with E-state index in [0.29, 0.717) is 27.2 Å². The van der Waals surface area contributed by atoms with E-state index in [1.165, 1.54) is 28.0 Å². The third kappa shape index (κ3) is 4.68. The van der Waals surface area contributed by atoms with Crippen LogP contribution in [0.5, 0.6) is 0 Å². The Bertz CT molecular complexity index is 1270. The molecule has 0 saturated carbocycles. The van der Waals surface area contributed by atoms with Gasteiger partial charge in [-0.15, -0.1) is 16.4 Å². The third-order valence-corrected chi connectivity index (χ3v) is 5.54. The van der Waals surface area contributed by atoms with Crippen LogP contribution in [0.2, 0.25) is 5.02 Å². The number of esters is 1. The minimum Gasteiger partial charge on any atom is -0.454 e. The van der Waals surface area contributed by atoms with E-state index in [9.17, 15) is 9.59 Å². The molecule has 0 spiro atoms. The fourth-order valence-corrected chi connectivity index (χ4v) is 4.02. The lowest BCUT2D eigenvalue weighted by Crippen LogP contribution is -2.22. The second kappa shape index (κ2) is 9.29. The minimum atomic E-state index is -0.600. The minimum absolute atomic E-state index is 0.0612. The normalized spacial score (nSPS) is 10.7. The maximum atomic E-state index is 12.5. The molecule has 8 nitrogen and oxygen atoms in total. The van der Waals surface area contributed by atoms with Gasteiger partial charge in [0.25, 0.3) is 0 Å². The van der Waals surface area contributed by atoms with Crippen LogP contribution in [0.25, 0.3) is 5.69 Å². The molecule has 0 aliphatic carbocycles. The Morgan fingerprint density at radius 2 is 1.91 bits per heavy atom. The fraction of sp³-hybridized carbons (Fsp3) is 0.136. The van der Waals surface area contributed by atoms with Gasteiger partial charge in [0.2, 0.25) is 5.91 Å². The zero-order valence-corrected chi connectivity index (χ0v) is 18.8. The molecule has 2 heterocycles. The Kier molecular flexibility index (Phi) is 6.29. The van der Waals surface area contributed by atoms with Gasteiger partial charge in [0.15, 0.2) is 10.8 Å². The van der Waals surface area contributed by atoms with Crippen molar-refractivity contribution < 1.29 is 14.3 Å². The number of rotatable bonds is 6. The SMILES string of the molecule is CC(=O)N(c1cccc(Cl)c1)c1nc(COC(=O)c2nn(-c3ccccc3)nc2C)cs1. The molecule has 4 aromatic rings. The topological polar surface area (TPSA) is 90.2 Å². The molecule has 0 fully saturated rings. The number of halogens is 1. The number of hydrogen-bond acceptors (Lipinski definition) is 7. The highest BCUT2D eigenvalue weighted by Crippen LogP contribution is 2.30. The largest absolute Gasteiger partial charge is 0.454 e. The first-order chi connectivity index (χ1) is 15.4. The van der Waals surface area contributed by atoms with Gasteiger partial charge in [-0.1, -0.05) is 35.9 Å². The van der Waals surface area contributed by atoms with Crippen molar-refractivity contribution in [3.05, 3.63) is 82.1 Å². The smallest absolute Gasteiger partial charge is 0.361 e. The molecular formula is C22H18ClN5O3S. The monoisotopic (exact) mass is 467 g/mol. The van der Waals surface area contributed by atoms with Crippen molar-refractivity contribution in [2.45, 2.75) is 20.5 Å². The summed E-state index contributed by atoms with van der Waals surface area (Å²) in [6.07, 6.45) is 0. The standard InChI is InChI=1S/C22H18ClN5O3S/c1-14-20(26-28(25-14)18-8-4-3-5-9-18)21(30)31-12-17-13-32-22(24-17)27(15(2)29)19-10-6-7-16(23)11-19/h3-11,13H,12H2,1-2H3. The molecule has 0 N–H and O–H groups in total. The van der Waals surface area contributed by atoms with Crippen LogP contribution in [-0.4, -0.2) is 31.9 Å². The number of nitrogens with zero attached hydrogens (tertiary/aromatic N) is 5. The Balaban J connectivity index is 1.47. The summed E-state index contributed by atoms with van der Waals surface area (Å²) in [6.45, 7) is 3.08. The van der Waals surface area contributed by atoms with Crippen molar-refractivity contribution in [2.75, 3.05) is 4.90 Å². The summed E-state index contributed by atoms with van der Waals surface area (Å²) < 4.78 is 5.39. The number of ether oxygens (including phenoxy) is 1. The predicted octanol–water partition coefficient (Wildman–Crippen LogP) is 4.73. The van der Waals surface area contributed by atoms with E-state index in [-0.39, 0.29) is 18.2 Å². The van der Waals surface area contributed by atoms with Crippen molar-refractivity contribution in [2.24, 2.45) is 0 Å². The second-order valence-electron chi connectivity index (χ2n) is 6.79. The number of aromatic nitrogens is 4. The average molecular weight is 468 g/mol. The number of amides is 1. The molecule has 0 bridgehead atoms. The van der Waals surface area contributed by atoms with Crippen LogP contribution in [-0.2, 0) is 16.1 Å². The van der Waals surface area contributed by atoms with Crippen LogP contribution in [0.3, 0.4) is 0 Å². The van der Waals surface area contributed by atoms with Crippen LogP contribution in [0.4, 0.5) is 10.8 Å². The molecule has 10 heteroatoms. The number of aryl methyl sites for hydroxylation is 1. The highest BCUT2D eigenvalue weighted by atomic mass is 35.5. The van der Waals surface area contributed by atoms with E-state index >= 15 is 0 Å². The molecule has 0 unspecified atom stereocenters. The van der Waals surface area contributed by atoms with Gasteiger partial charge in [0.1, 0.15) is 6.61 Å². The van der Waals surface area contributed by atoms with E-state index < -0.39 is 5.97 Å². The lowest BCUT2D eigenvalue weighted by molar-refractivity contribution is -0.115. The number of thiazole rings is 1. The molecule has 4 rings (SSSR count). The quantitative estimate of drug-likeness (QED) is 0.381. The number of anilines is 2. The Morgan fingerprint density at radius 1 is 1.12 bits per heavy atom. The number of hydrogen-bond donors (Lipinski definition) is 0. The maximum Gasteiger partial charge on any atom is 0.361 e. The van der Waals surface area contributed by atoms with Crippen molar-refractivity contribution in [3.8, 4) is 5.69 Å². The first-order valence-electron chi connectivity index (χ1n) is 9.59. The summed E-state index contributed by atoms with van der Waals surface area (Å²) in [4.78, 5) is 32.1. The molecule has 2 aromatic carbocycles.